The number of rotatable bonds is 5. The topological polar surface area (TPSA) is 75.3 Å². The Morgan fingerprint density at radius 1 is 1.15 bits per heavy atom. The molecule has 5 nitrogen and oxygen atoms in total. The molecule has 2 N–H and O–H groups in total. The summed E-state index contributed by atoms with van der Waals surface area (Å²) >= 11 is 0. The van der Waals surface area contributed by atoms with Gasteiger partial charge in [0, 0.05) is 5.69 Å². The van der Waals surface area contributed by atoms with Crippen molar-refractivity contribution in [2.75, 3.05) is 5.32 Å². The molecule has 0 radical (unpaired) electrons. The summed E-state index contributed by atoms with van der Waals surface area (Å²) < 4.78 is 13.2. The van der Waals surface area contributed by atoms with Gasteiger partial charge in [-0.2, -0.15) is 0 Å². The van der Waals surface area contributed by atoms with Crippen LogP contribution in [-0.4, -0.2) is 23.1 Å². The van der Waals surface area contributed by atoms with Gasteiger partial charge in [-0.05, 0) is 43.5 Å². The van der Waals surface area contributed by atoms with Gasteiger partial charge in [0.1, 0.15) is 5.82 Å². The number of carbonyl (C=O) groups is 3. The molecule has 1 aliphatic heterocycles. The number of hydrogen-bond donors (Lipinski definition) is 2. The quantitative estimate of drug-likeness (QED) is 0.810. The lowest BCUT2D eigenvalue weighted by atomic mass is 9.87. The second-order valence-corrected chi connectivity index (χ2v) is 6.60. The lowest BCUT2D eigenvalue weighted by Gasteiger charge is -2.22. The van der Waals surface area contributed by atoms with Crippen molar-refractivity contribution in [2.24, 2.45) is 5.92 Å². The van der Waals surface area contributed by atoms with Crippen LogP contribution in [0.15, 0.2) is 54.6 Å². The predicted molar refractivity (Wildman–Crippen MR) is 94.8 cm³/mol. The van der Waals surface area contributed by atoms with Gasteiger partial charge in [0.15, 0.2) is 11.7 Å². The summed E-state index contributed by atoms with van der Waals surface area (Å²) in [7, 11) is 0. The Morgan fingerprint density at radius 2 is 1.88 bits per heavy atom. The van der Waals surface area contributed by atoms with E-state index in [0.717, 1.165) is 11.6 Å². The maximum atomic E-state index is 13.2. The van der Waals surface area contributed by atoms with Crippen molar-refractivity contribution in [3.8, 4) is 0 Å². The Labute approximate surface area is 150 Å². The van der Waals surface area contributed by atoms with Gasteiger partial charge < -0.3 is 10.6 Å². The van der Waals surface area contributed by atoms with E-state index in [9.17, 15) is 18.8 Å². The second-order valence-electron chi connectivity index (χ2n) is 6.60. The van der Waals surface area contributed by atoms with Crippen LogP contribution in [0.3, 0.4) is 0 Å². The third kappa shape index (κ3) is 3.64. The summed E-state index contributed by atoms with van der Waals surface area (Å²) in [5, 5.41) is 5.09. The molecule has 2 aromatic rings. The summed E-state index contributed by atoms with van der Waals surface area (Å²) in [5.41, 5.74) is 0.147. The minimum Gasteiger partial charge on any atom is -0.343 e. The van der Waals surface area contributed by atoms with Crippen LogP contribution < -0.4 is 10.6 Å². The molecule has 0 aromatic heterocycles. The van der Waals surface area contributed by atoms with E-state index >= 15 is 0 Å². The van der Waals surface area contributed by atoms with Crippen molar-refractivity contribution in [2.45, 2.75) is 25.3 Å². The fraction of sp³-hybridized carbons (Fsp3) is 0.250. The standard InChI is InChI=1S/C20H19FN2O3/c1-20(11-10-13-6-3-2-4-7-13)17(24)16(19(26)23-20)18(25)22-15-9-5-8-14(21)12-15/h2-9,12,16H,10-11H2,1H3,(H,22,25)(H,23,26). The summed E-state index contributed by atoms with van der Waals surface area (Å²) in [6.07, 6.45) is 0.993. The smallest absolute Gasteiger partial charge is 0.244 e. The highest BCUT2D eigenvalue weighted by molar-refractivity contribution is 6.27. The molecule has 6 heteroatoms. The summed E-state index contributed by atoms with van der Waals surface area (Å²) in [4.78, 5) is 37.4. The number of anilines is 1. The Balaban J connectivity index is 1.70. The fourth-order valence-corrected chi connectivity index (χ4v) is 3.09. The highest BCUT2D eigenvalue weighted by atomic mass is 19.1. The average molecular weight is 354 g/mol. The molecule has 1 fully saturated rings. The first-order chi connectivity index (χ1) is 12.4. The van der Waals surface area contributed by atoms with E-state index in [1.807, 2.05) is 30.3 Å². The molecule has 1 heterocycles. The molecule has 0 bridgehead atoms. The van der Waals surface area contributed by atoms with Crippen LogP contribution in [0.2, 0.25) is 0 Å². The summed E-state index contributed by atoms with van der Waals surface area (Å²) in [6, 6.07) is 14.9. The van der Waals surface area contributed by atoms with Crippen LogP contribution in [-0.2, 0) is 20.8 Å². The van der Waals surface area contributed by atoms with Crippen molar-refractivity contribution in [1.82, 2.24) is 5.32 Å². The fourth-order valence-electron chi connectivity index (χ4n) is 3.09. The van der Waals surface area contributed by atoms with Gasteiger partial charge in [0.25, 0.3) is 0 Å². The third-order valence-corrected chi connectivity index (χ3v) is 4.58. The van der Waals surface area contributed by atoms with Crippen molar-refractivity contribution in [3.05, 3.63) is 66.0 Å². The number of ketones is 1. The van der Waals surface area contributed by atoms with E-state index in [1.54, 1.807) is 6.92 Å². The molecule has 134 valence electrons. The zero-order chi connectivity index (χ0) is 18.7. The van der Waals surface area contributed by atoms with E-state index < -0.39 is 34.9 Å². The van der Waals surface area contributed by atoms with Crippen molar-refractivity contribution in [3.63, 3.8) is 0 Å². The Kier molecular flexibility index (Phi) is 4.84. The molecule has 0 spiro atoms. The predicted octanol–water partition coefficient (Wildman–Crippen LogP) is 2.47. The molecular weight excluding hydrogens is 335 g/mol. The monoisotopic (exact) mass is 354 g/mol. The first kappa shape index (κ1) is 17.8. The number of amides is 2. The number of halogens is 1. The minimum atomic E-state index is -1.43. The molecule has 0 saturated carbocycles. The molecule has 0 aliphatic carbocycles. The van der Waals surface area contributed by atoms with Crippen LogP contribution in [0.25, 0.3) is 0 Å². The van der Waals surface area contributed by atoms with Gasteiger partial charge in [-0.15, -0.1) is 0 Å². The number of aryl methyl sites for hydroxylation is 1. The minimum absolute atomic E-state index is 0.202. The lowest BCUT2D eigenvalue weighted by molar-refractivity contribution is -0.135. The van der Waals surface area contributed by atoms with Gasteiger partial charge in [0.2, 0.25) is 11.8 Å². The zero-order valence-electron chi connectivity index (χ0n) is 14.3. The number of Topliss-reactive ketones (excluding diaryl/α,β-unsaturated/α-hetero) is 1. The van der Waals surface area contributed by atoms with Crippen LogP contribution in [0.5, 0.6) is 0 Å². The van der Waals surface area contributed by atoms with Crippen molar-refractivity contribution < 1.29 is 18.8 Å². The number of nitrogens with one attached hydrogen (secondary N) is 2. The van der Waals surface area contributed by atoms with Gasteiger partial charge >= 0.3 is 0 Å². The molecule has 2 unspecified atom stereocenters. The second kappa shape index (κ2) is 7.07. The molecule has 1 saturated heterocycles. The molecule has 3 rings (SSSR count). The number of benzene rings is 2. The largest absolute Gasteiger partial charge is 0.343 e. The first-order valence-corrected chi connectivity index (χ1v) is 8.36. The molecule has 2 amide bonds. The van der Waals surface area contributed by atoms with E-state index in [1.165, 1.54) is 18.2 Å². The van der Waals surface area contributed by atoms with Crippen LogP contribution in [0.4, 0.5) is 10.1 Å². The summed E-state index contributed by atoms with van der Waals surface area (Å²) in [5.74, 6) is -3.79. The van der Waals surface area contributed by atoms with Gasteiger partial charge in [-0.25, -0.2) is 4.39 Å². The molecule has 26 heavy (non-hydrogen) atoms. The van der Waals surface area contributed by atoms with Crippen LogP contribution in [0.1, 0.15) is 18.9 Å². The highest BCUT2D eigenvalue weighted by Gasteiger charge is 2.52. The normalized spacial score (nSPS) is 22.2. The van der Waals surface area contributed by atoms with Gasteiger partial charge in [-0.3, -0.25) is 14.4 Å². The molecule has 2 atom stereocenters. The average Bonchev–Trinajstić information content (AvgIpc) is 2.83. The van der Waals surface area contributed by atoms with E-state index in [2.05, 4.69) is 10.6 Å². The Bertz CT molecular complexity index is 853. The SMILES string of the molecule is CC1(CCc2ccccc2)NC(=O)C(C(=O)Nc2cccc(F)c2)C1=O. The number of hydrogen-bond acceptors (Lipinski definition) is 3. The molecule has 1 aliphatic rings. The Morgan fingerprint density at radius 3 is 2.58 bits per heavy atom. The van der Waals surface area contributed by atoms with Gasteiger partial charge in [0.05, 0.1) is 5.54 Å². The molecular formula is C20H19FN2O3. The summed E-state index contributed by atoms with van der Waals surface area (Å²) in [6.45, 7) is 1.63. The zero-order valence-corrected chi connectivity index (χ0v) is 14.3. The van der Waals surface area contributed by atoms with Crippen LogP contribution in [0, 0.1) is 11.7 Å². The number of carbonyl (C=O) groups excluding carboxylic acids is 3. The maximum Gasteiger partial charge on any atom is 0.244 e. The third-order valence-electron chi connectivity index (χ3n) is 4.58. The molecule has 2 aromatic carbocycles. The lowest BCUT2D eigenvalue weighted by Crippen LogP contribution is -2.44. The van der Waals surface area contributed by atoms with Crippen molar-refractivity contribution in [1.29, 1.82) is 0 Å². The highest BCUT2D eigenvalue weighted by Crippen LogP contribution is 2.27. The van der Waals surface area contributed by atoms with E-state index in [-0.39, 0.29) is 5.69 Å². The van der Waals surface area contributed by atoms with E-state index in [4.69, 9.17) is 0 Å². The van der Waals surface area contributed by atoms with Gasteiger partial charge in [-0.1, -0.05) is 36.4 Å². The van der Waals surface area contributed by atoms with Crippen LogP contribution >= 0.6 is 0 Å². The first-order valence-electron chi connectivity index (χ1n) is 8.36. The van der Waals surface area contributed by atoms with Crippen molar-refractivity contribution >= 4 is 23.3 Å². The maximum absolute atomic E-state index is 13.2. The Hall–Kier alpha value is -3.02. The van der Waals surface area contributed by atoms with E-state index in [0.29, 0.717) is 12.8 Å².